The van der Waals surface area contributed by atoms with Crippen LogP contribution in [0.2, 0.25) is 0 Å². The molecule has 2 heteroatoms. The van der Waals surface area contributed by atoms with E-state index in [1.54, 1.807) is 0 Å². The van der Waals surface area contributed by atoms with Gasteiger partial charge in [0, 0.05) is 5.41 Å². The number of aryl methyl sites for hydroxylation is 1. The molecule has 0 atom stereocenters. The molecule has 0 saturated carbocycles. The van der Waals surface area contributed by atoms with Crippen LogP contribution in [-0.4, -0.2) is 10.2 Å². The third-order valence-electron chi connectivity index (χ3n) is 1.57. The zero-order valence-electron chi connectivity index (χ0n) is 9.55. The smallest absolute Gasteiger partial charge is 0.0684 e. The van der Waals surface area contributed by atoms with Crippen LogP contribution >= 0.6 is 0 Å². The molecule has 0 unspecified atom stereocenters. The van der Waals surface area contributed by atoms with Gasteiger partial charge in [-0.1, -0.05) is 34.6 Å². The van der Waals surface area contributed by atoms with Gasteiger partial charge in [-0.25, -0.2) is 0 Å². The molecule has 0 amide bonds. The lowest BCUT2D eigenvalue weighted by Crippen LogP contribution is -2.14. The molecule has 13 heavy (non-hydrogen) atoms. The molecule has 2 nitrogen and oxygen atoms in total. The highest BCUT2D eigenvalue weighted by Gasteiger charge is 2.14. The molecule has 0 radical (unpaired) electrons. The van der Waals surface area contributed by atoms with Gasteiger partial charge in [0.05, 0.1) is 11.4 Å². The lowest BCUT2D eigenvalue weighted by Gasteiger charge is -2.15. The highest BCUT2D eigenvalue weighted by Crippen LogP contribution is 2.18. The van der Waals surface area contributed by atoms with E-state index in [1.807, 2.05) is 32.9 Å². The summed E-state index contributed by atoms with van der Waals surface area (Å²) >= 11 is 0. The van der Waals surface area contributed by atoms with E-state index in [1.165, 1.54) is 0 Å². The predicted molar refractivity (Wildman–Crippen MR) is 56.8 cm³/mol. The van der Waals surface area contributed by atoms with Crippen molar-refractivity contribution in [2.24, 2.45) is 0 Å². The van der Waals surface area contributed by atoms with Gasteiger partial charge in [-0.2, -0.15) is 10.2 Å². The van der Waals surface area contributed by atoms with Gasteiger partial charge in [0.25, 0.3) is 0 Å². The van der Waals surface area contributed by atoms with Gasteiger partial charge in [0.1, 0.15) is 0 Å². The number of nitrogens with zero attached hydrogens (tertiary/aromatic N) is 2. The van der Waals surface area contributed by atoms with Crippen LogP contribution in [0.1, 0.15) is 46.0 Å². The highest BCUT2D eigenvalue weighted by atomic mass is 15.1. The van der Waals surface area contributed by atoms with E-state index in [0.29, 0.717) is 0 Å². The van der Waals surface area contributed by atoms with Crippen molar-refractivity contribution in [3.05, 3.63) is 23.5 Å². The molecule has 0 aliphatic carbocycles. The summed E-state index contributed by atoms with van der Waals surface area (Å²) in [6, 6.07) is 4.02. The van der Waals surface area contributed by atoms with Crippen molar-refractivity contribution in [3.63, 3.8) is 0 Å². The van der Waals surface area contributed by atoms with Gasteiger partial charge in [-0.05, 0) is 19.1 Å². The van der Waals surface area contributed by atoms with Gasteiger partial charge < -0.3 is 0 Å². The van der Waals surface area contributed by atoms with E-state index in [-0.39, 0.29) is 5.41 Å². The molecule has 0 bridgehead atoms. The van der Waals surface area contributed by atoms with E-state index in [0.717, 1.165) is 11.4 Å². The first-order valence-corrected chi connectivity index (χ1v) is 4.81. The molecule has 1 aromatic rings. The van der Waals surface area contributed by atoms with Crippen LogP contribution in [0.5, 0.6) is 0 Å². The summed E-state index contributed by atoms with van der Waals surface area (Å²) in [5, 5.41) is 8.10. The molecule has 0 aliphatic heterocycles. The van der Waals surface area contributed by atoms with Crippen molar-refractivity contribution in [3.8, 4) is 0 Å². The van der Waals surface area contributed by atoms with Crippen LogP contribution in [0.4, 0.5) is 0 Å². The maximum absolute atomic E-state index is 4.10. The number of hydrogen-bond donors (Lipinski definition) is 0. The SMILES string of the molecule is CC.Cc1ccc(C(C)(C)C)nn1. The molecule has 0 aromatic carbocycles. The first-order valence-electron chi connectivity index (χ1n) is 4.81. The fraction of sp³-hybridized carbons (Fsp3) is 0.636. The minimum Gasteiger partial charge on any atom is -0.156 e. The largest absolute Gasteiger partial charge is 0.156 e. The van der Waals surface area contributed by atoms with E-state index in [4.69, 9.17) is 0 Å². The maximum atomic E-state index is 4.10. The van der Waals surface area contributed by atoms with Crippen molar-refractivity contribution in [2.75, 3.05) is 0 Å². The molecule has 0 spiro atoms. The summed E-state index contributed by atoms with van der Waals surface area (Å²) in [4.78, 5) is 0. The molecular formula is C11H20N2. The summed E-state index contributed by atoms with van der Waals surface area (Å²) in [7, 11) is 0. The van der Waals surface area contributed by atoms with Crippen LogP contribution in [0, 0.1) is 6.92 Å². The minimum atomic E-state index is 0.112. The Morgan fingerprint density at radius 3 is 1.85 bits per heavy atom. The Labute approximate surface area is 81.4 Å². The van der Waals surface area contributed by atoms with E-state index in [2.05, 4.69) is 31.0 Å². The van der Waals surface area contributed by atoms with Gasteiger partial charge in [-0.3, -0.25) is 0 Å². The van der Waals surface area contributed by atoms with E-state index >= 15 is 0 Å². The molecular weight excluding hydrogens is 160 g/mol. The summed E-state index contributed by atoms with van der Waals surface area (Å²) in [5.74, 6) is 0. The normalized spacial score (nSPS) is 10.3. The lowest BCUT2D eigenvalue weighted by atomic mass is 9.92. The van der Waals surface area contributed by atoms with Gasteiger partial charge in [0.15, 0.2) is 0 Å². The zero-order chi connectivity index (χ0) is 10.5. The Bertz CT molecular complexity index is 231. The summed E-state index contributed by atoms with van der Waals surface area (Å²) in [5.41, 5.74) is 2.13. The van der Waals surface area contributed by atoms with E-state index in [9.17, 15) is 0 Å². The van der Waals surface area contributed by atoms with Crippen molar-refractivity contribution in [1.82, 2.24) is 10.2 Å². The Kier molecular flexibility index (Phi) is 4.60. The van der Waals surface area contributed by atoms with Crippen molar-refractivity contribution in [1.29, 1.82) is 0 Å². The second kappa shape index (κ2) is 4.95. The number of aromatic nitrogens is 2. The number of hydrogen-bond acceptors (Lipinski definition) is 2. The maximum Gasteiger partial charge on any atom is 0.0684 e. The molecule has 0 fully saturated rings. The average Bonchev–Trinajstić information content (AvgIpc) is 2.07. The fourth-order valence-electron chi connectivity index (χ4n) is 0.799. The molecule has 1 rings (SSSR count). The Morgan fingerprint density at radius 1 is 1.00 bits per heavy atom. The van der Waals surface area contributed by atoms with Crippen LogP contribution in [0.15, 0.2) is 12.1 Å². The number of rotatable bonds is 0. The molecule has 1 aromatic heterocycles. The first kappa shape index (κ1) is 12.1. The van der Waals surface area contributed by atoms with E-state index < -0.39 is 0 Å². The van der Waals surface area contributed by atoms with Crippen LogP contribution in [0.3, 0.4) is 0 Å². The van der Waals surface area contributed by atoms with Crippen LogP contribution < -0.4 is 0 Å². The zero-order valence-corrected chi connectivity index (χ0v) is 9.55. The highest BCUT2D eigenvalue weighted by molar-refractivity contribution is 5.12. The Balaban J connectivity index is 0.000000671. The minimum absolute atomic E-state index is 0.112. The predicted octanol–water partition coefficient (Wildman–Crippen LogP) is 3.11. The van der Waals surface area contributed by atoms with Crippen LogP contribution in [-0.2, 0) is 5.41 Å². The van der Waals surface area contributed by atoms with Gasteiger partial charge in [-0.15, -0.1) is 0 Å². The molecule has 74 valence electrons. The summed E-state index contributed by atoms with van der Waals surface area (Å²) in [6.07, 6.45) is 0. The second-order valence-corrected chi connectivity index (χ2v) is 3.81. The standard InChI is InChI=1S/C9H14N2.C2H6/c1-7-5-6-8(11-10-7)9(2,3)4;1-2/h5-6H,1-4H3;1-2H3. The molecule has 0 saturated heterocycles. The Hall–Kier alpha value is -0.920. The summed E-state index contributed by atoms with van der Waals surface area (Å²) in [6.45, 7) is 12.3. The third-order valence-corrected chi connectivity index (χ3v) is 1.57. The average molecular weight is 180 g/mol. The second-order valence-electron chi connectivity index (χ2n) is 3.81. The quantitative estimate of drug-likeness (QED) is 0.613. The topological polar surface area (TPSA) is 25.8 Å². The van der Waals surface area contributed by atoms with Gasteiger partial charge >= 0.3 is 0 Å². The molecule has 0 aliphatic rings. The monoisotopic (exact) mass is 180 g/mol. The fourth-order valence-corrected chi connectivity index (χ4v) is 0.799. The van der Waals surface area contributed by atoms with Crippen molar-refractivity contribution >= 4 is 0 Å². The van der Waals surface area contributed by atoms with Crippen molar-refractivity contribution in [2.45, 2.75) is 47.0 Å². The molecule has 1 heterocycles. The first-order chi connectivity index (χ1) is 6.00. The third kappa shape index (κ3) is 4.02. The lowest BCUT2D eigenvalue weighted by molar-refractivity contribution is 0.557. The van der Waals surface area contributed by atoms with Crippen LogP contribution in [0.25, 0.3) is 0 Å². The summed E-state index contributed by atoms with van der Waals surface area (Å²) < 4.78 is 0. The molecule has 0 N–H and O–H groups in total. The Morgan fingerprint density at radius 2 is 1.54 bits per heavy atom. The van der Waals surface area contributed by atoms with Crippen molar-refractivity contribution < 1.29 is 0 Å². The van der Waals surface area contributed by atoms with Gasteiger partial charge in [0.2, 0.25) is 0 Å².